The van der Waals surface area contributed by atoms with Gasteiger partial charge in [0.2, 0.25) is 0 Å². The Hall–Kier alpha value is -0.800. The zero-order valence-corrected chi connectivity index (χ0v) is 6.86. The van der Waals surface area contributed by atoms with Gasteiger partial charge in [0.1, 0.15) is 12.7 Å². The predicted molar refractivity (Wildman–Crippen MR) is 43.7 cm³/mol. The van der Waals surface area contributed by atoms with Crippen molar-refractivity contribution in [2.75, 3.05) is 26.4 Å². The Morgan fingerprint density at radius 1 is 1.33 bits per heavy atom. The summed E-state index contributed by atoms with van der Waals surface area (Å²) in [6.45, 7) is 2.68. The van der Waals surface area contributed by atoms with Gasteiger partial charge in [-0.2, -0.15) is 0 Å². The first kappa shape index (κ1) is 7.83. The Balaban J connectivity index is 1.97. The summed E-state index contributed by atoms with van der Waals surface area (Å²) in [4.78, 5) is 0. The quantitative estimate of drug-likeness (QED) is 0.581. The summed E-state index contributed by atoms with van der Waals surface area (Å²) < 4.78 is 16.0. The van der Waals surface area contributed by atoms with Gasteiger partial charge in [0.15, 0.2) is 0 Å². The van der Waals surface area contributed by atoms with E-state index in [1.54, 1.807) is 6.26 Å². The Kier molecular flexibility index (Phi) is 2.44. The third-order valence-corrected chi connectivity index (χ3v) is 1.96. The van der Waals surface area contributed by atoms with Gasteiger partial charge < -0.3 is 14.2 Å². The molecule has 0 radical (unpaired) electrons. The molecule has 0 aromatic rings. The van der Waals surface area contributed by atoms with Crippen molar-refractivity contribution in [3.63, 3.8) is 0 Å². The van der Waals surface area contributed by atoms with Gasteiger partial charge >= 0.3 is 0 Å². The Morgan fingerprint density at radius 3 is 3.00 bits per heavy atom. The normalized spacial score (nSPS) is 29.3. The van der Waals surface area contributed by atoms with Crippen molar-refractivity contribution in [3.05, 3.63) is 24.0 Å². The van der Waals surface area contributed by atoms with E-state index >= 15 is 0 Å². The second-order valence-electron chi connectivity index (χ2n) is 2.82. The molecule has 0 saturated carbocycles. The summed E-state index contributed by atoms with van der Waals surface area (Å²) in [5.41, 5.74) is 1.16. The molecule has 12 heavy (non-hydrogen) atoms. The molecular weight excluding hydrogens is 156 g/mol. The molecule has 3 nitrogen and oxygen atoms in total. The van der Waals surface area contributed by atoms with Crippen molar-refractivity contribution in [1.29, 1.82) is 0 Å². The molecule has 2 rings (SSSR count). The molecule has 3 heteroatoms. The van der Waals surface area contributed by atoms with E-state index in [1.165, 1.54) is 0 Å². The van der Waals surface area contributed by atoms with Gasteiger partial charge in [-0.15, -0.1) is 0 Å². The van der Waals surface area contributed by atoms with Gasteiger partial charge in [-0.1, -0.05) is 6.08 Å². The first-order valence-corrected chi connectivity index (χ1v) is 4.13. The third kappa shape index (κ3) is 1.68. The van der Waals surface area contributed by atoms with Crippen LogP contribution in [0.4, 0.5) is 0 Å². The van der Waals surface area contributed by atoms with Crippen molar-refractivity contribution in [3.8, 4) is 0 Å². The number of ether oxygens (including phenoxy) is 3. The minimum Gasteiger partial charge on any atom is -0.497 e. The van der Waals surface area contributed by atoms with Crippen molar-refractivity contribution in [2.45, 2.75) is 6.10 Å². The van der Waals surface area contributed by atoms with Gasteiger partial charge in [-0.25, -0.2) is 0 Å². The third-order valence-electron chi connectivity index (χ3n) is 1.96. The predicted octanol–water partition coefficient (Wildman–Crippen LogP) is 0.872. The van der Waals surface area contributed by atoms with E-state index in [1.807, 2.05) is 12.2 Å². The highest BCUT2D eigenvalue weighted by atomic mass is 16.6. The van der Waals surface area contributed by atoms with E-state index < -0.39 is 0 Å². The summed E-state index contributed by atoms with van der Waals surface area (Å²) in [6.07, 6.45) is 5.70. The largest absolute Gasteiger partial charge is 0.497 e. The molecule has 1 unspecified atom stereocenters. The van der Waals surface area contributed by atoms with Crippen LogP contribution in [0.15, 0.2) is 24.0 Å². The van der Waals surface area contributed by atoms with Gasteiger partial charge in [0, 0.05) is 0 Å². The van der Waals surface area contributed by atoms with Crippen LogP contribution in [0.3, 0.4) is 0 Å². The monoisotopic (exact) mass is 168 g/mol. The van der Waals surface area contributed by atoms with Crippen molar-refractivity contribution < 1.29 is 14.2 Å². The Bertz CT molecular complexity index is 202. The van der Waals surface area contributed by atoms with E-state index in [2.05, 4.69) is 0 Å². The summed E-state index contributed by atoms with van der Waals surface area (Å²) >= 11 is 0. The van der Waals surface area contributed by atoms with Crippen molar-refractivity contribution in [2.24, 2.45) is 0 Å². The highest BCUT2D eigenvalue weighted by Crippen LogP contribution is 2.14. The van der Waals surface area contributed by atoms with Crippen LogP contribution in [-0.4, -0.2) is 32.5 Å². The summed E-state index contributed by atoms with van der Waals surface area (Å²) in [5, 5.41) is 0. The van der Waals surface area contributed by atoms with Crippen LogP contribution in [0.5, 0.6) is 0 Å². The maximum absolute atomic E-state index is 5.51. The number of allylic oxidation sites excluding steroid dienone is 2. The maximum atomic E-state index is 5.51. The van der Waals surface area contributed by atoms with Crippen molar-refractivity contribution >= 4 is 0 Å². The molecule has 0 bridgehead atoms. The van der Waals surface area contributed by atoms with Crippen LogP contribution >= 0.6 is 0 Å². The lowest BCUT2D eigenvalue weighted by atomic mass is 10.1. The van der Waals surface area contributed by atoms with E-state index in [9.17, 15) is 0 Å². The summed E-state index contributed by atoms with van der Waals surface area (Å²) in [7, 11) is 0. The lowest BCUT2D eigenvalue weighted by Gasteiger charge is -2.25. The molecular formula is C9H12O3. The first-order valence-electron chi connectivity index (χ1n) is 4.13. The van der Waals surface area contributed by atoms with Crippen LogP contribution in [0.25, 0.3) is 0 Å². The molecule has 2 aliphatic rings. The second kappa shape index (κ2) is 3.74. The summed E-state index contributed by atoms with van der Waals surface area (Å²) in [6, 6.07) is 0. The highest BCUT2D eigenvalue weighted by Gasteiger charge is 2.19. The topological polar surface area (TPSA) is 27.7 Å². The number of hydrogen-bond acceptors (Lipinski definition) is 3. The molecule has 2 heterocycles. The maximum Gasteiger partial charge on any atom is 0.111 e. The molecule has 1 atom stereocenters. The van der Waals surface area contributed by atoms with Crippen LogP contribution in [0, 0.1) is 0 Å². The van der Waals surface area contributed by atoms with E-state index in [0.29, 0.717) is 26.4 Å². The fourth-order valence-electron chi connectivity index (χ4n) is 1.31. The zero-order valence-electron chi connectivity index (χ0n) is 6.86. The fourth-order valence-corrected chi connectivity index (χ4v) is 1.31. The smallest absolute Gasteiger partial charge is 0.111 e. The van der Waals surface area contributed by atoms with Crippen LogP contribution in [0.1, 0.15) is 0 Å². The minimum atomic E-state index is 0.101. The molecule has 2 aliphatic heterocycles. The van der Waals surface area contributed by atoms with E-state index in [4.69, 9.17) is 14.2 Å². The lowest BCUT2D eigenvalue weighted by Crippen LogP contribution is -2.31. The molecule has 1 saturated heterocycles. The van der Waals surface area contributed by atoms with Gasteiger partial charge in [-0.3, -0.25) is 0 Å². The van der Waals surface area contributed by atoms with E-state index in [0.717, 1.165) is 5.57 Å². The highest BCUT2D eigenvalue weighted by molar-refractivity contribution is 5.19. The molecule has 0 aromatic carbocycles. The molecule has 0 spiro atoms. The van der Waals surface area contributed by atoms with Gasteiger partial charge in [-0.05, 0) is 11.6 Å². The average molecular weight is 168 g/mol. The van der Waals surface area contributed by atoms with Gasteiger partial charge in [0.25, 0.3) is 0 Å². The first-order chi connectivity index (χ1) is 5.97. The standard InChI is InChI=1S/C9H12O3/c1-2-8(6-10-3-1)9-7-11-4-5-12-9/h1-3,9H,4-7H2. The average Bonchev–Trinajstić information content (AvgIpc) is 2.21. The molecule has 0 aromatic heterocycles. The second-order valence-corrected chi connectivity index (χ2v) is 2.82. The number of hydrogen-bond donors (Lipinski definition) is 0. The van der Waals surface area contributed by atoms with Gasteiger partial charge in [0.05, 0.1) is 26.1 Å². The number of rotatable bonds is 1. The molecule has 0 aliphatic carbocycles. The van der Waals surface area contributed by atoms with Crippen LogP contribution in [0.2, 0.25) is 0 Å². The van der Waals surface area contributed by atoms with Crippen molar-refractivity contribution in [1.82, 2.24) is 0 Å². The Labute approximate surface area is 71.6 Å². The molecule has 1 fully saturated rings. The lowest BCUT2D eigenvalue weighted by molar-refractivity contribution is -0.0753. The van der Waals surface area contributed by atoms with Crippen LogP contribution < -0.4 is 0 Å². The minimum absolute atomic E-state index is 0.101. The molecule has 66 valence electrons. The fraction of sp³-hybridized carbons (Fsp3) is 0.556. The summed E-state index contributed by atoms with van der Waals surface area (Å²) in [5.74, 6) is 0. The SMILES string of the molecule is C1=COCC(C2COCCO2)=C1. The Morgan fingerprint density at radius 2 is 2.33 bits per heavy atom. The molecule has 0 amide bonds. The van der Waals surface area contributed by atoms with Crippen LogP contribution in [-0.2, 0) is 14.2 Å². The van der Waals surface area contributed by atoms with E-state index in [-0.39, 0.29) is 6.10 Å². The molecule has 0 N–H and O–H groups in total. The zero-order chi connectivity index (χ0) is 8.23.